The molecule has 0 radical (unpaired) electrons. The molecule has 0 amide bonds. The van der Waals surface area contributed by atoms with Gasteiger partial charge in [0, 0.05) is 24.3 Å². The maximum Gasteiger partial charge on any atom is 0.330 e. The highest BCUT2D eigenvalue weighted by atomic mass is 16.6. The minimum absolute atomic E-state index is 0.0251. The van der Waals surface area contributed by atoms with E-state index in [1.165, 1.54) is 0 Å². The van der Waals surface area contributed by atoms with Crippen molar-refractivity contribution in [2.45, 2.75) is 52.1 Å². The van der Waals surface area contributed by atoms with Crippen molar-refractivity contribution in [1.82, 2.24) is 0 Å². The zero-order valence-corrected chi connectivity index (χ0v) is 24.5. The summed E-state index contributed by atoms with van der Waals surface area (Å²) in [4.78, 5) is 45.8. The molecule has 0 N–H and O–H groups in total. The smallest absolute Gasteiger partial charge is 0.330 e. The van der Waals surface area contributed by atoms with Crippen molar-refractivity contribution in [1.29, 1.82) is 0 Å². The summed E-state index contributed by atoms with van der Waals surface area (Å²) >= 11 is 0. The monoisotopic (exact) mass is 584 g/mol. The third kappa shape index (κ3) is 18.6. The van der Waals surface area contributed by atoms with Crippen molar-refractivity contribution in [3.8, 4) is 0 Å². The summed E-state index contributed by atoms with van der Waals surface area (Å²) in [6.07, 6.45) is 2.15. The fraction of sp³-hybridized carbons (Fsp3) is 0.586. The van der Waals surface area contributed by atoms with Gasteiger partial charge in [-0.15, -0.1) is 0 Å². The Morgan fingerprint density at radius 1 is 0.488 bits per heavy atom. The van der Waals surface area contributed by atoms with Crippen LogP contribution in [0.3, 0.4) is 0 Å². The predicted molar refractivity (Wildman–Crippen MR) is 149 cm³/mol. The lowest BCUT2D eigenvalue weighted by Crippen LogP contribution is -2.46. The highest BCUT2D eigenvalue weighted by Gasteiger charge is 2.35. The van der Waals surface area contributed by atoms with Crippen LogP contribution in [0.2, 0.25) is 0 Å². The fourth-order valence-corrected chi connectivity index (χ4v) is 2.75. The Kier molecular flexibility index (Phi) is 19.7. The van der Waals surface area contributed by atoms with Gasteiger partial charge in [0.15, 0.2) is 0 Å². The average Bonchev–Trinajstić information content (AvgIpc) is 2.98. The Morgan fingerprint density at radius 2 is 0.683 bits per heavy atom. The molecule has 0 aliphatic rings. The number of ether oxygens (including phenoxy) is 8. The first-order chi connectivity index (χ1) is 19.4. The minimum atomic E-state index is -0.958. The van der Waals surface area contributed by atoms with Crippen molar-refractivity contribution < 1.29 is 57.1 Å². The van der Waals surface area contributed by atoms with Gasteiger partial charge < -0.3 is 37.9 Å². The highest BCUT2D eigenvalue weighted by molar-refractivity contribution is 5.82. The van der Waals surface area contributed by atoms with Crippen LogP contribution in [0.5, 0.6) is 0 Å². The van der Waals surface area contributed by atoms with Crippen LogP contribution in [0.15, 0.2) is 50.6 Å². The molecule has 0 spiro atoms. The lowest BCUT2D eigenvalue weighted by Gasteiger charge is -2.36. The van der Waals surface area contributed by atoms with Crippen LogP contribution in [-0.4, -0.2) is 101 Å². The Balaban J connectivity index is 5.74. The molecule has 0 heterocycles. The Bertz CT molecular complexity index is 726. The Hall–Kier alpha value is -3.32. The molecule has 41 heavy (non-hydrogen) atoms. The molecule has 12 heteroatoms. The van der Waals surface area contributed by atoms with Gasteiger partial charge in [-0.05, 0) is 27.7 Å². The van der Waals surface area contributed by atoms with Crippen LogP contribution in [-0.2, 0) is 57.1 Å². The van der Waals surface area contributed by atoms with E-state index < -0.39 is 53.7 Å². The second kappa shape index (κ2) is 21.4. The molecule has 232 valence electrons. The second-order valence-corrected chi connectivity index (χ2v) is 9.32. The summed E-state index contributed by atoms with van der Waals surface area (Å²) in [7, 11) is 0. The van der Waals surface area contributed by atoms with Crippen LogP contribution in [0.25, 0.3) is 0 Å². The topological polar surface area (TPSA) is 142 Å². The third-order valence-electron chi connectivity index (χ3n) is 5.20. The molecule has 0 aromatic heterocycles. The van der Waals surface area contributed by atoms with E-state index in [0.29, 0.717) is 0 Å². The van der Waals surface area contributed by atoms with E-state index in [1.807, 2.05) is 0 Å². The molecule has 0 bridgehead atoms. The summed E-state index contributed by atoms with van der Waals surface area (Å²) in [5.74, 6) is -2.35. The fourth-order valence-electron chi connectivity index (χ4n) is 2.75. The number of hydrogen-bond donors (Lipinski definition) is 0. The summed E-state index contributed by atoms with van der Waals surface area (Å²) in [5, 5.41) is 0. The summed E-state index contributed by atoms with van der Waals surface area (Å²) in [6.45, 7) is 20.3. The highest BCUT2D eigenvalue weighted by Crippen LogP contribution is 2.24. The lowest BCUT2D eigenvalue weighted by molar-refractivity contribution is -0.167. The zero-order chi connectivity index (χ0) is 31.3. The average molecular weight is 585 g/mol. The third-order valence-corrected chi connectivity index (χ3v) is 5.20. The summed E-state index contributed by atoms with van der Waals surface area (Å²) in [5.41, 5.74) is -0.958. The number of rotatable bonds is 24. The number of esters is 4. The molecule has 0 saturated heterocycles. The van der Waals surface area contributed by atoms with Crippen LogP contribution < -0.4 is 0 Å². The lowest BCUT2D eigenvalue weighted by atomic mass is 9.91. The standard InChI is InChI=1S/C29H44O12/c1-9-25(30)34-13-21(5)38-17-29(18-39-22(6)14-35-26(31)10-2,19-40-23(7)15-36-27(32)11-3)20-41-24(8)16-37-28(33)12-4/h9-12,21-24H,1-4,13-20H2,5-8H3. The molecule has 12 nitrogen and oxygen atoms in total. The molecular weight excluding hydrogens is 540 g/mol. The van der Waals surface area contributed by atoms with Crippen LogP contribution in [0.1, 0.15) is 27.7 Å². The van der Waals surface area contributed by atoms with Gasteiger partial charge in [-0.1, -0.05) is 26.3 Å². The maximum absolute atomic E-state index is 11.5. The van der Waals surface area contributed by atoms with Gasteiger partial charge >= 0.3 is 23.9 Å². The Morgan fingerprint density at radius 3 is 0.854 bits per heavy atom. The SMILES string of the molecule is C=CC(=O)OCC(C)OCC(COC(C)COC(=O)C=C)(COC(C)COC(=O)C=C)COC(C)COC(=O)C=C. The van der Waals surface area contributed by atoms with Gasteiger partial charge in [-0.25, -0.2) is 19.2 Å². The number of carbonyl (C=O) groups excluding carboxylic acids is 4. The summed E-state index contributed by atoms with van der Waals surface area (Å²) in [6, 6.07) is 0. The quantitative estimate of drug-likeness (QED) is 0.0934. The molecule has 4 unspecified atom stereocenters. The zero-order valence-electron chi connectivity index (χ0n) is 24.5. The van der Waals surface area contributed by atoms with Crippen LogP contribution in [0.4, 0.5) is 0 Å². The largest absolute Gasteiger partial charge is 0.460 e. The van der Waals surface area contributed by atoms with Crippen molar-refractivity contribution in [3.63, 3.8) is 0 Å². The first-order valence-corrected chi connectivity index (χ1v) is 13.0. The maximum atomic E-state index is 11.5. The normalized spacial score (nSPS) is 15.1. The second-order valence-electron chi connectivity index (χ2n) is 9.32. The molecule has 0 saturated carbocycles. The van der Waals surface area contributed by atoms with E-state index in [2.05, 4.69) is 26.3 Å². The molecule has 0 aromatic carbocycles. The van der Waals surface area contributed by atoms with Crippen molar-refractivity contribution in [2.75, 3.05) is 52.9 Å². The molecule has 0 fully saturated rings. The van der Waals surface area contributed by atoms with Gasteiger partial charge in [0.1, 0.15) is 26.4 Å². The number of hydrogen-bond acceptors (Lipinski definition) is 12. The van der Waals surface area contributed by atoms with E-state index in [0.717, 1.165) is 24.3 Å². The Labute approximate surface area is 242 Å². The molecule has 4 atom stereocenters. The molecule has 0 rings (SSSR count). The first kappa shape index (κ1) is 37.7. The van der Waals surface area contributed by atoms with E-state index >= 15 is 0 Å². The van der Waals surface area contributed by atoms with E-state index in [4.69, 9.17) is 37.9 Å². The molecule has 0 aromatic rings. The van der Waals surface area contributed by atoms with Gasteiger partial charge in [0.2, 0.25) is 0 Å². The summed E-state index contributed by atoms with van der Waals surface area (Å²) < 4.78 is 44.2. The van der Waals surface area contributed by atoms with Crippen molar-refractivity contribution in [2.24, 2.45) is 5.41 Å². The van der Waals surface area contributed by atoms with E-state index in [-0.39, 0.29) is 52.9 Å². The molecular formula is C29H44O12. The van der Waals surface area contributed by atoms with Gasteiger partial charge in [0.05, 0.1) is 56.3 Å². The predicted octanol–water partition coefficient (Wildman–Crippen LogP) is 2.51. The van der Waals surface area contributed by atoms with Crippen LogP contribution >= 0.6 is 0 Å². The van der Waals surface area contributed by atoms with Crippen molar-refractivity contribution in [3.05, 3.63) is 50.6 Å². The number of carbonyl (C=O) groups is 4. The van der Waals surface area contributed by atoms with Crippen LogP contribution in [0, 0.1) is 5.41 Å². The molecule has 0 aliphatic carbocycles. The van der Waals surface area contributed by atoms with Gasteiger partial charge in [0.25, 0.3) is 0 Å². The van der Waals surface area contributed by atoms with E-state index in [1.54, 1.807) is 27.7 Å². The van der Waals surface area contributed by atoms with E-state index in [9.17, 15) is 19.2 Å². The van der Waals surface area contributed by atoms with Crippen molar-refractivity contribution >= 4 is 23.9 Å². The minimum Gasteiger partial charge on any atom is -0.460 e. The first-order valence-electron chi connectivity index (χ1n) is 13.0. The molecule has 0 aliphatic heterocycles. The van der Waals surface area contributed by atoms with Gasteiger partial charge in [-0.3, -0.25) is 0 Å². The van der Waals surface area contributed by atoms with Gasteiger partial charge in [-0.2, -0.15) is 0 Å².